The number of rotatable bonds is 8. The summed E-state index contributed by atoms with van der Waals surface area (Å²) in [4.78, 5) is 49.4. The molecule has 0 saturated carbocycles. The van der Waals surface area contributed by atoms with Crippen LogP contribution < -0.4 is 10.1 Å². The van der Waals surface area contributed by atoms with Crippen LogP contribution in [-0.2, 0) is 25.7 Å². The van der Waals surface area contributed by atoms with E-state index in [0.717, 1.165) is 16.0 Å². The van der Waals surface area contributed by atoms with Gasteiger partial charge in [-0.25, -0.2) is 4.79 Å². The lowest BCUT2D eigenvalue weighted by Gasteiger charge is -2.49. The van der Waals surface area contributed by atoms with E-state index in [0.29, 0.717) is 17.1 Å². The molecule has 0 aliphatic carbocycles. The minimum absolute atomic E-state index is 0.0145. The molecule has 1 saturated heterocycles. The zero-order valence-corrected chi connectivity index (χ0v) is 20.1. The Morgan fingerprint density at radius 3 is 2.54 bits per heavy atom. The van der Waals surface area contributed by atoms with Gasteiger partial charge in [0.2, 0.25) is 0 Å². The van der Waals surface area contributed by atoms with Crippen molar-refractivity contribution >= 4 is 35.5 Å². The summed E-state index contributed by atoms with van der Waals surface area (Å²) in [7, 11) is 0. The van der Waals surface area contributed by atoms with Crippen LogP contribution in [-0.4, -0.2) is 57.5 Å². The number of esters is 1. The van der Waals surface area contributed by atoms with Crippen LogP contribution in [0.1, 0.15) is 34.4 Å². The first kappa shape index (κ1) is 24.4. The Bertz CT molecular complexity index is 1210. The molecule has 0 bridgehead atoms. The number of hydrogen-bond donors (Lipinski definition) is 2. The predicted octanol–water partition coefficient (Wildman–Crippen LogP) is 2.39. The van der Waals surface area contributed by atoms with E-state index in [-0.39, 0.29) is 30.4 Å². The molecule has 11 heteroatoms. The lowest BCUT2D eigenvalue weighted by atomic mass is 10.0. The van der Waals surface area contributed by atoms with Gasteiger partial charge in [-0.05, 0) is 49.2 Å². The Kier molecular flexibility index (Phi) is 6.88. The maximum absolute atomic E-state index is 12.7. The Morgan fingerprint density at radius 2 is 1.89 bits per heavy atom. The zero-order chi connectivity index (χ0) is 25.3. The topological polar surface area (TPSA) is 135 Å². The van der Waals surface area contributed by atoms with Gasteiger partial charge in [0.05, 0.1) is 0 Å². The van der Waals surface area contributed by atoms with E-state index < -0.39 is 35.2 Å². The summed E-state index contributed by atoms with van der Waals surface area (Å²) in [5.41, 5.74) is 2.25. The van der Waals surface area contributed by atoms with E-state index in [1.54, 1.807) is 6.07 Å². The van der Waals surface area contributed by atoms with Crippen LogP contribution >= 0.6 is 11.8 Å². The third-order valence-corrected chi connectivity index (χ3v) is 6.79. The quantitative estimate of drug-likeness (QED) is 0.414. The number of aliphatic carboxylic acids is 1. The SMILES string of the molecule is CC(=O)OCC1=C(C(=O)O)N2C(=O)[C@@H](NC(=O)c3ccc(COc4cc(C)cc(C)c4)o3)[C@H]2SC1. The molecule has 184 valence electrons. The van der Waals surface area contributed by atoms with Crippen molar-refractivity contribution in [2.24, 2.45) is 0 Å². The van der Waals surface area contributed by atoms with Gasteiger partial charge in [-0.1, -0.05) is 6.07 Å². The van der Waals surface area contributed by atoms with Crippen molar-refractivity contribution in [3.05, 3.63) is 64.2 Å². The monoisotopic (exact) mass is 500 g/mol. The van der Waals surface area contributed by atoms with E-state index in [9.17, 15) is 24.3 Å². The van der Waals surface area contributed by atoms with Gasteiger partial charge < -0.3 is 24.3 Å². The van der Waals surface area contributed by atoms with E-state index in [4.69, 9.17) is 13.9 Å². The fraction of sp³-hybridized carbons (Fsp3) is 0.333. The van der Waals surface area contributed by atoms with Crippen molar-refractivity contribution in [1.82, 2.24) is 10.2 Å². The maximum Gasteiger partial charge on any atom is 0.352 e. The number of benzene rings is 1. The molecule has 1 fully saturated rings. The van der Waals surface area contributed by atoms with E-state index in [2.05, 4.69) is 5.32 Å². The predicted molar refractivity (Wildman–Crippen MR) is 125 cm³/mol. The van der Waals surface area contributed by atoms with E-state index >= 15 is 0 Å². The second kappa shape index (κ2) is 9.87. The molecule has 3 heterocycles. The minimum atomic E-state index is -1.30. The fourth-order valence-corrected chi connectivity index (χ4v) is 5.27. The van der Waals surface area contributed by atoms with Crippen LogP contribution in [0, 0.1) is 13.8 Å². The normalized spacial score (nSPS) is 19.1. The number of ether oxygens (including phenoxy) is 2. The molecule has 2 amide bonds. The fourth-order valence-electron chi connectivity index (χ4n) is 3.94. The van der Waals surface area contributed by atoms with Crippen molar-refractivity contribution in [1.29, 1.82) is 0 Å². The van der Waals surface area contributed by atoms with Gasteiger partial charge in [0.25, 0.3) is 11.8 Å². The Hall–Kier alpha value is -3.73. The third kappa shape index (κ3) is 5.19. The highest BCUT2D eigenvalue weighted by Crippen LogP contribution is 2.40. The minimum Gasteiger partial charge on any atom is -0.486 e. The molecule has 1 aromatic carbocycles. The van der Waals surface area contributed by atoms with E-state index in [1.165, 1.54) is 24.8 Å². The molecule has 35 heavy (non-hydrogen) atoms. The smallest absolute Gasteiger partial charge is 0.352 e. The lowest BCUT2D eigenvalue weighted by molar-refractivity contribution is -0.149. The number of carbonyl (C=O) groups excluding carboxylic acids is 3. The number of nitrogens with one attached hydrogen (secondary N) is 1. The van der Waals surface area contributed by atoms with Gasteiger partial charge in [-0.3, -0.25) is 19.3 Å². The van der Waals surface area contributed by atoms with Crippen molar-refractivity contribution in [3.8, 4) is 5.75 Å². The first-order chi connectivity index (χ1) is 16.6. The first-order valence-electron chi connectivity index (χ1n) is 10.8. The van der Waals surface area contributed by atoms with Crippen LogP contribution in [0.3, 0.4) is 0 Å². The van der Waals surface area contributed by atoms with Crippen LogP contribution in [0.15, 0.2) is 46.0 Å². The molecular weight excluding hydrogens is 476 g/mol. The number of aryl methyl sites for hydroxylation is 2. The summed E-state index contributed by atoms with van der Waals surface area (Å²) in [6.45, 7) is 5.08. The average molecular weight is 501 g/mol. The number of nitrogens with zero attached hydrogens (tertiary/aromatic N) is 1. The van der Waals surface area contributed by atoms with Crippen LogP contribution in [0.4, 0.5) is 0 Å². The standard InChI is InChI=1S/C24H24N2O8S/c1-12-6-13(2)8-17(7-12)33-10-16-4-5-18(34-16)21(28)25-19-22(29)26-20(24(30)31)15(9-32-14(3)27)11-35-23(19)26/h4-8,19,23H,9-11H2,1-3H3,(H,25,28)(H,30,31)/t19-,23-/m1/s1. The van der Waals surface area contributed by atoms with Gasteiger partial charge >= 0.3 is 11.9 Å². The number of carbonyl (C=O) groups is 4. The molecule has 0 spiro atoms. The van der Waals surface area contributed by atoms with Gasteiger partial charge in [0.1, 0.15) is 41.8 Å². The van der Waals surface area contributed by atoms with Crippen molar-refractivity contribution < 1.29 is 38.2 Å². The number of fused-ring (bicyclic) bond motifs is 1. The second-order valence-corrected chi connectivity index (χ2v) is 9.38. The average Bonchev–Trinajstić information content (AvgIpc) is 3.27. The summed E-state index contributed by atoms with van der Waals surface area (Å²) < 4.78 is 16.2. The summed E-state index contributed by atoms with van der Waals surface area (Å²) in [6, 6.07) is 8.04. The Balaban J connectivity index is 1.38. The van der Waals surface area contributed by atoms with Gasteiger partial charge in [0.15, 0.2) is 5.76 Å². The van der Waals surface area contributed by atoms with Gasteiger partial charge in [-0.2, -0.15) is 0 Å². The number of β-lactam (4-membered cyclic amide) rings is 1. The van der Waals surface area contributed by atoms with Crippen molar-refractivity contribution in [2.75, 3.05) is 12.4 Å². The highest BCUT2D eigenvalue weighted by Gasteiger charge is 2.54. The molecule has 0 radical (unpaired) electrons. The number of amides is 2. The van der Waals surface area contributed by atoms with Crippen LogP contribution in [0.5, 0.6) is 5.75 Å². The lowest BCUT2D eigenvalue weighted by Crippen LogP contribution is -2.70. The highest BCUT2D eigenvalue weighted by atomic mass is 32.2. The largest absolute Gasteiger partial charge is 0.486 e. The second-order valence-electron chi connectivity index (χ2n) is 8.28. The van der Waals surface area contributed by atoms with Crippen LogP contribution in [0.25, 0.3) is 0 Å². The van der Waals surface area contributed by atoms with Crippen molar-refractivity contribution in [3.63, 3.8) is 0 Å². The number of hydrogen-bond acceptors (Lipinski definition) is 8. The first-order valence-corrected chi connectivity index (χ1v) is 11.8. The Labute approximate surface area is 205 Å². The summed E-state index contributed by atoms with van der Waals surface area (Å²) in [5, 5.41) is 11.6. The number of thioether (sulfide) groups is 1. The number of carboxylic acids is 1. The summed E-state index contributed by atoms with van der Waals surface area (Å²) in [6.07, 6.45) is 0. The van der Waals surface area contributed by atoms with Crippen molar-refractivity contribution in [2.45, 2.75) is 38.8 Å². The molecule has 0 unspecified atom stereocenters. The van der Waals surface area contributed by atoms with Gasteiger partial charge in [-0.15, -0.1) is 11.8 Å². The summed E-state index contributed by atoms with van der Waals surface area (Å²) in [5.74, 6) is -1.60. The van der Waals surface area contributed by atoms with Gasteiger partial charge in [0, 0.05) is 18.2 Å². The molecule has 2 atom stereocenters. The highest BCUT2D eigenvalue weighted by molar-refractivity contribution is 8.00. The third-order valence-electron chi connectivity index (χ3n) is 5.45. The molecule has 2 aromatic rings. The van der Waals surface area contributed by atoms with E-state index in [1.807, 2.05) is 32.0 Å². The maximum atomic E-state index is 12.7. The summed E-state index contributed by atoms with van der Waals surface area (Å²) >= 11 is 1.28. The zero-order valence-electron chi connectivity index (χ0n) is 19.3. The molecule has 4 rings (SSSR count). The molecule has 1 aromatic heterocycles. The number of carboxylic acid groups (broad SMARTS) is 1. The molecule has 2 aliphatic rings. The molecule has 2 aliphatic heterocycles. The molecular formula is C24H24N2O8S. The number of furan rings is 1. The Morgan fingerprint density at radius 1 is 1.17 bits per heavy atom. The van der Waals surface area contributed by atoms with Crippen LogP contribution in [0.2, 0.25) is 0 Å². The molecule has 2 N–H and O–H groups in total. The molecule has 10 nitrogen and oxygen atoms in total.